The van der Waals surface area contributed by atoms with Gasteiger partial charge in [0.2, 0.25) is 16.9 Å². The van der Waals surface area contributed by atoms with Crippen LogP contribution >= 0.6 is 11.6 Å². The summed E-state index contributed by atoms with van der Waals surface area (Å²) in [5.74, 6) is -1.28. The standard InChI is InChI=1S/C10H8ClFN4O3S/c1-19-8-5-7(11)14-10(15-8)16-20(17,18)9-6(12)3-2-4-13-9/h2-5H,1H3,(H,14,15,16). The Morgan fingerprint density at radius 2 is 2.15 bits per heavy atom. The number of hydrogen-bond donors (Lipinski definition) is 1. The van der Waals surface area contributed by atoms with Crippen LogP contribution in [0.5, 0.6) is 5.88 Å². The Hall–Kier alpha value is -2.00. The second-order valence-electron chi connectivity index (χ2n) is 3.45. The molecule has 0 spiro atoms. The summed E-state index contributed by atoms with van der Waals surface area (Å²) < 4.78 is 44.1. The van der Waals surface area contributed by atoms with E-state index in [1.165, 1.54) is 19.2 Å². The lowest BCUT2D eigenvalue weighted by Crippen LogP contribution is -2.18. The van der Waals surface area contributed by atoms with Gasteiger partial charge in [-0.15, -0.1) is 0 Å². The van der Waals surface area contributed by atoms with Crippen molar-refractivity contribution in [2.75, 3.05) is 11.8 Å². The summed E-state index contributed by atoms with van der Waals surface area (Å²) in [6.07, 6.45) is 1.15. The summed E-state index contributed by atoms with van der Waals surface area (Å²) in [4.78, 5) is 10.9. The smallest absolute Gasteiger partial charge is 0.284 e. The van der Waals surface area contributed by atoms with Crippen LogP contribution in [-0.2, 0) is 10.0 Å². The van der Waals surface area contributed by atoms with Crippen molar-refractivity contribution in [3.63, 3.8) is 0 Å². The third-order valence-corrected chi connectivity index (χ3v) is 3.54. The van der Waals surface area contributed by atoms with Gasteiger partial charge < -0.3 is 4.74 Å². The Morgan fingerprint density at radius 1 is 1.40 bits per heavy atom. The van der Waals surface area contributed by atoms with E-state index in [9.17, 15) is 12.8 Å². The monoisotopic (exact) mass is 318 g/mol. The predicted octanol–water partition coefficient (Wildman–Crippen LogP) is 1.47. The van der Waals surface area contributed by atoms with Crippen LogP contribution in [0.4, 0.5) is 10.3 Å². The Kier molecular flexibility index (Phi) is 4.00. The zero-order chi connectivity index (χ0) is 14.8. The molecule has 7 nitrogen and oxygen atoms in total. The van der Waals surface area contributed by atoms with E-state index in [4.69, 9.17) is 16.3 Å². The van der Waals surface area contributed by atoms with E-state index in [0.717, 1.165) is 12.3 Å². The molecule has 2 heterocycles. The lowest BCUT2D eigenvalue weighted by molar-refractivity contribution is 0.397. The predicted molar refractivity (Wildman–Crippen MR) is 68.6 cm³/mol. The first kappa shape index (κ1) is 14.4. The molecule has 20 heavy (non-hydrogen) atoms. The highest BCUT2D eigenvalue weighted by Crippen LogP contribution is 2.19. The maximum atomic E-state index is 13.4. The number of rotatable bonds is 4. The van der Waals surface area contributed by atoms with E-state index >= 15 is 0 Å². The van der Waals surface area contributed by atoms with Gasteiger partial charge in [0.1, 0.15) is 5.15 Å². The van der Waals surface area contributed by atoms with Crippen molar-refractivity contribution in [1.29, 1.82) is 0 Å². The van der Waals surface area contributed by atoms with Crippen molar-refractivity contribution in [3.05, 3.63) is 35.4 Å². The van der Waals surface area contributed by atoms with Gasteiger partial charge in [0.15, 0.2) is 5.82 Å². The first-order valence-corrected chi connectivity index (χ1v) is 7.00. The van der Waals surface area contributed by atoms with E-state index in [2.05, 4.69) is 15.0 Å². The molecule has 2 rings (SSSR count). The summed E-state index contributed by atoms with van der Waals surface area (Å²) in [7, 11) is -2.93. The molecule has 0 bridgehead atoms. The third kappa shape index (κ3) is 3.11. The quantitative estimate of drug-likeness (QED) is 0.858. The Morgan fingerprint density at radius 3 is 2.80 bits per heavy atom. The van der Waals surface area contributed by atoms with Crippen molar-refractivity contribution in [1.82, 2.24) is 15.0 Å². The SMILES string of the molecule is COc1cc(Cl)nc(NS(=O)(=O)c2ncccc2F)n1. The first-order chi connectivity index (χ1) is 9.42. The van der Waals surface area contributed by atoms with E-state index in [-0.39, 0.29) is 17.0 Å². The second-order valence-corrected chi connectivity index (χ2v) is 5.44. The van der Waals surface area contributed by atoms with Crippen LogP contribution in [0.1, 0.15) is 0 Å². The molecule has 0 aliphatic rings. The van der Waals surface area contributed by atoms with E-state index < -0.39 is 20.9 Å². The maximum Gasteiger partial charge on any atom is 0.284 e. The molecule has 0 saturated carbocycles. The van der Waals surface area contributed by atoms with Crippen LogP contribution in [0.15, 0.2) is 29.4 Å². The lowest BCUT2D eigenvalue weighted by atomic mass is 10.5. The molecule has 2 aromatic heterocycles. The molecule has 2 aromatic rings. The van der Waals surface area contributed by atoms with Crippen molar-refractivity contribution in [2.45, 2.75) is 5.03 Å². The fourth-order valence-electron chi connectivity index (χ4n) is 1.28. The number of methoxy groups -OCH3 is 1. The maximum absolute atomic E-state index is 13.4. The second kappa shape index (κ2) is 5.55. The van der Waals surface area contributed by atoms with Gasteiger partial charge in [-0.3, -0.25) is 0 Å². The molecule has 0 saturated heterocycles. The normalized spacial score (nSPS) is 11.2. The molecule has 0 radical (unpaired) electrons. The molecule has 0 aliphatic heterocycles. The molecule has 0 fully saturated rings. The number of ether oxygens (including phenoxy) is 1. The fraction of sp³-hybridized carbons (Fsp3) is 0.100. The highest BCUT2D eigenvalue weighted by Gasteiger charge is 2.22. The van der Waals surface area contributed by atoms with Crippen LogP contribution in [-0.4, -0.2) is 30.5 Å². The van der Waals surface area contributed by atoms with E-state index in [0.29, 0.717) is 0 Å². The van der Waals surface area contributed by atoms with Crippen molar-refractivity contribution < 1.29 is 17.5 Å². The average Bonchev–Trinajstić information content (AvgIpc) is 2.37. The Balaban J connectivity index is 2.38. The van der Waals surface area contributed by atoms with E-state index in [1.54, 1.807) is 0 Å². The Bertz CT molecular complexity index is 741. The summed E-state index contributed by atoms with van der Waals surface area (Å²) in [6.45, 7) is 0. The van der Waals surface area contributed by atoms with Gasteiger partial charge in [0, 0.05) is 12.3 Å². The molecule has 1 N–H and O–H groups in total. The van der Waals surface area contributed by atoms with Crippen LogP contribution in [0.25, 0.3) is 0 Å². The summed E-state index contributed by atoms with van der Waals surface area (Å²) >= 11 is 5.68. The molecular weight excluding hydrogens is 311 g/mol. The molecular formula is C10H8ClFN4O3S. The number of nitrogens with one attached hydrogen (secondary N) is 1. The summed E-state index contributed by atoms with van der Waals surface area (Å²) in [5, 5.41) is -0.793. The van der Waals surface area contributed by atoms with Crippen molar-refractivity contribution in [2.24, 2.45) is 0 Å². The Labute approximate surface area is 118 Å². The number of sulfonamides is 1. The van der Waals surface area contributed by atoms with Gasteiger partial charge in [0.25, 0.3) is 10.0 Å². The van der Waals surface area contributed by atoms with Crippen LogP contribution < -0.4 is 9.46 Å². The zero-order valence-electron chi connectivity index (χ0n) is 10.0. The van der Waals surface area contributed by atoms with Gasteiger partial charge in [-0.1, -0.05) is 11.6 Å². The largest absolute Gasteiger partial charge is 0.481 e. The molecule has 0 amide bonds. The topological polar surface area (TPSA) is 94.1 Å². The fourth-order valence-corrected chi connectivity index (χ4v) is 2.41. The number of halogens is 2. The lowest BCUT2D eigenvalue weighted by Gasteiger charge is -2.07. The molecule has 10 heteroatoms. The van der Waals surface area contributed by atoms with Gasteiger partial charge in [-0.25, -0.2) is 19.1 Å². The minimum absolute atomic E-state index is 0.0314. The van der Waals surface area contributed by atoms with Crippen LogP contribution in [0.3, 0.4) is 0 Å². The molecule has 0 unspecified atom stereocenters. The number of anilines is 1. The van der Waals surface area contributed by atoms with Gasteiger partial charge in [0.05, 0.1) is 7.11 Å². The molecule has 0 aliphatic carbocycles. The highest BCUT2D eigenvalue weighted by molar-refractivity contribution is 7.92. The van der Waals surface area contributed by atoms with E-state index in [1.807, 2.05) is 4.72 Å². The van der Waals surface area contributed by atoms with Gasteiger partial charge in [-0.05, 0) is 12.1 Å². The zero-order valence-corrected chi connectivity index (χ0v) is 11.6. The number of pyridine rings is 1. The third-order valence-electron chi connectivity index (χ3n) is 2.09. The van der Waals surface area contributed by atoms with Crippen molar-refractivity contribution >= 4 is 27.6 Å². The number of aromatic nitrogens is 3. The van der Waals surface area contributed by atoms with Gasteiger partial charge in [-0.2, -0.15) is 13.4 Å². The number of nitrogens with zero attached hydrogens (tertiary/aromatic N) is 3. The van der Waals surface area contributed by atoms with Crippen molar-refractivity contribution in [3.8, 4) is 5.88 Å². The first-order valence-electron chi connectivity index (χ1n) is 5.14. The molecule has 0 aromatic carbocycles. The molecule has 106 valence electrons. The van der Waals surface area contributed by atoms with Gasteiger partial charge >= 0.3 is 0 Å². The summed E-state index contributed by atoms with van der Waals surface area (Å²) in [5.41, 5.74) is 0. The number of hydrogen-bond acceptors (Lipinski definition) is 6. The highest BCUT2D eigenvalue weighted by atomic mass is 35.5. The molecule has 0 atom stereocenters. The minimum Gasteiger partial charge on any atom is -0.481 e. The average molecular weight is 319 g/mol. The minimum atomic E-state index is -4.26. The summed E-state index contributed by atoms with van der Waals surface area (Å²) in [6, 6.07) is 3.54. The van der Waals surface area contributed by atoms with Crippen LogP contribution in [0, 0.1) is 5.82 Å². The van der Waals surface area contributed by atoms with Crippen LogP contribution in [0.2, 0.25) is 5.15 Å².